The molecule has 0 aliphatic rings. The van der Waals surface area contributed by atoms with Gasteiger partial charge >= 0.3 is 0 Å². The molecular weight excluding hydrogens is 440 g/mol. The number of hydrogen-bond donors (Lipinski definition) is 0. The van der Waals surface area contributed by atoms with E-state index in [0.29, 0.717) is 0 Å². The van der Waals surface area contributed by atoms with Crippen LogP contribution in [0.5, 0.6) is 11.5 Å². The van der Waals surface area contributed by atoms with Crippen LogP contribution in [0.4, 0.5) is 0 Å². The normalized spacial score (nSPS) is 12.3. The van der Waals surface area contributed by atoms with Crippen LogP contribution in [0, 0.1) is 23.7 Å². The van der Waals surface area contributed by atoms with Gasteiger partial charge in [-0.05, 0) is 57.8 Å². The molecule has 0 fully saturated rings. The molecule has 0 aliphatic heterocycles. The van der Waals surface area contributed by atoms with Gasteiger partial charge in [0.1, 0.15) is 11.5 Å². The highest BCUT2D eigenvalue weighted by Gasteiger charge is 2.28. The van der Waals surface area contributed by atoms with Crippen LogP contribution in [0.3, 0.4) is 0 Å². The summed E-state index contributed by atoms with van der Waals surface area (Å²) in [4.78, 5) is 0. The van der Waals surface area contributed by atoms with Crippen LogP contribution in [0.25, 0.3) is 0 Å². The highest BCUT2D eigenvalue weighted by atomic mass is 16.5. The molecule has 2 rings (SSSR count). The molecule has 0 heterocycles. The molecule has 0 N–H and O–H groups in total. The van der Waals surface area contributed by atoms with Crippen LogP contribution >= 0.6 is 0 Å². The Kier molecular flexibility index (Phi) is 8.38. The first-order chi connectivity index (χ1) is 16.3. The van der Waals surface area contributed by atoms with E-state index in [0.717, 1.165) is 44.9 Å². The molecule has 0 bridgehead atoms. The zero-order valence-corrected chi connectivity index (χ0v) is 25.1. The first-order valence-electron chi connectivity index (χ1n) is 12.8. The lowest BCUT2D eigenvalue weighted by atomic mass is 9.78. The van der Waals surface area contributed by atoms with Gasteiger partial charge in [0.15, 0.2) is 0 Å². The minimum Gasteiger partial charge on any atom is -0.496 e. The van der Waals surface area contributed by atoms with Gasteiger partial charge in [-0.3, -0.25) is 0 Å². The van der Waals surface area contributed by atoms with Crippen molar-refractivity contribution in [1.29, 1.82) is 0 Å². The zero-order valence-electron chi connectivity index (χ0n) is 25.1. The van der Waals surface area contributed by atoms with Gasteiger partial charge < -0.3 is 9.47 Å². The van der Waals surface area contributed by atoms with E-state index in [1.807, 2.05) is 0 Å². The number of ether oxygens (including phenoxy) is 2. The second-order valence-electron chi connectivity index (χ2n) is 13.7. The van der Waals surface area contributed by atoms with Crippen molar-refractivity contribution in [2.24, 2.45) is 0 Å². The molecule has 0 aliphatic carbocycles. The summed E-state index contributed by atoms with van der Waals surface area (Å²) in [5.74, 6) is 14.7. The molecule has 0 saturated heterocycles. The maximum Gasteiger partial charge on any atom is 0.126 e. The molecular formula is C34H46O2. The molecule has 194 valence electrons. The molecule has 0 aromatic heterocycles. The lowest BCUT2D eigenvalue weighted by Crippen LogP contribution is -2.19. The van der Waals surface area contributed by atoms with Crippen LogP contribution in [-0.4, -0.2) is 14.2 Å². The van der Waals surface area contributed by atoms with E-state index in [1.165, 1.54) is 0 Å². The Bertz CT molecular complexity index is 1060. The van der Waals surface area contributed by atoms with Crippen molar-refractivity contribution in [3.8, 4) is 35.2 Å². The fraction of sp³-hybridized carbons (Fsp3) is 0.529. The van der Waals surface area contributed by atoms with Crippen molar-refractivity contribution in [3.63, 3.8) is 0 Å². The van der Waals surface area contributed by atoms with Gasteiger partial charge in [-0.15, -0.1) is 0 Å². The van der Waals surface area contributed by atoms with Crippen LogP contribution in [-0.2, 0) is 21.7 Å². The third kappa shape index (κ3) is 6.89. The molecule has 2 aromatic carbocycles. The Hall–Kier alpha value is -2.84. The molecule has 2 aromatic rings. The number of benzene rings is 2. The van der Waals surface area contributed by atoms with Gasteiger partial charge in [0.25, 0.3) is 0 Å². The van der Waals surface area contributed by atoms with E-state index < -0.39 is 0 Å². The van der Waals surface area contributed by atoms with Gasteiger partial charge in [-0.1, -0.05) is 94.9 Å². The first kappa shape index (κ1) is 29.4. The largest absolute Gasteiger partial charge is 0.496 e. The van der Waals surface area contributed by atoms with E-state index in [4.69, 9.17) is 9.47 Å². The van der Waals surface area contributed by atoms with Crippen LogP contribution in [0.15, 0.2) is 24.3 Å². The molecule has 36 heavy (non-hydrogen) atoms. The van der Waals surface area contributed by atoms with Crippen molar-refractivity contribution < 1.29 is 9.47 Å². The smallest absolute Gasteiger partial charge is 0.126 e. The highest BCUT2D eigenvalue weighted by Crippen LogP contribution is 2.41. The Morgan fingerprint density at radius 3 is 0.833 bits per heavy atom. The van der Waals surface area contributed by atoms with Crippen molar-refractivity contribution in [1.82, 2.24) is 0 Å². The number of hydrogen-bond acceptors (Lipinski definition) is 2. The zero-order chi connectivity index (χ0) is 27.7. The summed E-state index contributed by atoms with van der Waals surface area (Å²) < 4.78 is 11.8. The maximum atomic E-state index is 5.88. The molecule has 0 atom stereocenters. The van der Waals surface area contributed by atoms with Gasteiger partial charge in [-0.25, -0.2) is 0 Å². The molecule has 0 amide bonds. The highest BCUT2D eigenvalue weighted by molar-refractivity contribution is 5.57. The SMILES string of the molecule is COc1c(C(C)(C)C)cc(C#CC#Cc2cc(C(C)(C)C)c(OC)c(C(C)(C)C)c2)cc1C(C)(C)C. The fourth-order valence-electron chi connectivity index (χ4n) is 4.28. The predicted octanol–water partition coefficient (Wildman–Crippen LogP) is 8.30. The maximum absolute atomic E-state index is 5.88. The monoisotopic (exact) mass is 486 g/mol. The van der Waals surface area contributed by atoms with Crippen LogP contribution < -0.4 is 9.47 Å². The van der Waals surface area contributed by atoms with Crippen LogP contribution in [0.1, 0.15) is 116 Å². The van der Waals surface area contributed by atoms with Crippen molar-refractivity contribution in [2.75, 3.05) is 14.2 Å². The van der Waals surface area contributed by atoms with E-state index in [1.54, 1.807) is 14.2 Å². The summed E-state index contributed by atoms with van der Waals surface area (Å²) in [7, 11) is 3.51. The third-order valence-electron chi connectivity index (χ3n) is 6.29. The molecule has 0 spiro atoms. The van der Waals surface area contributed by atoms with E-state index in [2.05, 4.69) is 131 Å². The second-order valence-corrected chi connectivity index (χ2v) is 13.7. The van der Waals surface area contributed by atoms with Crippen molar-refractivity contribution in [2.45, 2.75) is 105 Å². The van der Waals surface area contributed by atoms with Gasteiger partial charge in [0, 0.05) is 33.4 Å². The molecule has 0 unspecified atom stereocenters. The van der Waals surface area contributed by atoms with Crippen molar-refractivity contribution in [3.05, 3.63) is 57.6 Å². The number of methoxy groups -OCH3 is 2. The summed E-state index contributed by atoms with van der Waals surface area (Å²) in [5, 5.41) is 0. The molecule has 0 radical (unpaired) electrons. The molecule has 0 saturated carbocycles. The summed E-state index contributed by atoms with van der Waals surface area (Å²) in [6, 6.07) is 8.58. The van der Waals surface area contributed by atoms with Gasteiger partial charge in [0.05, 0.1) is 14.2 Å². The number of rotatable bonds is 2. The topological polar surface area (TPSA) is 18.5 Å². The quantitative estimate of drug-likeness (QED) is 0.397. The minimum atomic E-state index is -0.0650. The summed E-state index contributed by atoms with van der Waals surface area (Å²) in [5.41, 5.74) is 6.30. The van der Waals surface area contributed by atoms with Gasteiger partial charge in [-0.2, -0.15) is 0 Å². The lowest BCUT2D eigenvalue weighted by Gasteiger charge is -2.29. The Labute approximate surface area is 221 Å². The lowest BCUT2D eigenvalue weighted by molar-refractivity contribution is 0.381. The average Bonchev–Trinajstić information content (AvgIpc) is 2.72. The van der Waals surface area contributed by atoms with Gasteiger partial charge in [0.2, 0.25) is 0 Å². The van der Waals surface area contributed by atoms with Crippen molar-refractivity contribution >= 4 is 0 Å². The Balaban J connectivity index is 2.65. The summed E-state index contributed by atoms with van der Waals surface area (Å²) in [6.45, 7) is 26.5. The summed E-state index contributed by atoms with van der Waals surface area (Å²) >= 11 is 0. The molecule has 2 nitrogen and oxygen atoms in total. The standard InChI is InChI=1S/C34H46O2/c1-31(2,3)25-19-23(20-26(29(25)35-13)32(4,5)6)17-15-16-18-24-21-27(33(7,8)9)30(36-14)28(22-24)34(10,11)12/h19-22H,1-14H3. The first-order valence-corrected chi connectivity index (χ1v) is 12.8. The van der Waals surface area contributed by atoms with E-state index in [9.17, 15) is 0 Å². The van der Waals surface area contributed by atoms with Crippen LogP contribution in [0.2, 0.25) is 0 Å². The minimum absolute atomic E-state index is 0.0650. The fourth-order valence-corrected chi connectivity index (χ4v) is 4.28. The Morgan fingerprint density at radius 1 is 0.444 bits per heavy atom. The summed E-state index contributed by atoms with van der Waals surface area (Å²) in [6.07, 6.45) is 0. The van der Waals surface area contributed by atoms with E-state index >= 15 is 0 Å². The second kappa shape index (κ2) is 10.3. The molecule has 2 heteroatoms. The third-order valence-corrected chi connectivity index (χ3v) is 6.29. The van der Waals surface area contributed by atoms with E-state index in [-0.39, 0.29) is 21.7 Å². The Morgan fingerprint density at radius 2 is 0.667 bits per heavy atom. The predicted molar refractivity (Wildman–Crippen MR) is 155 cm³/mol. The average molecular weight is 487 g/mol.